The summed E-state index contributed by atoms with van der Waals surface area (Å²) < 4.78 is 49.7. The van der Waals surface area contributed by atoms with Gasteiger partial charge in [0, 0.05) is 0 Å². The Hall–Kier alpha value is -0.990. The van der Waals surface area contributed by atoms with Gasteiger partial charge in [0.15, 0.2) is 5.82 Å². The largest absolute Gasteiger partial charge is 0.419 e. The lowest BCUT2D eigenvalue weighted by Crippen LogP contribution is -2.09. The number of rotatable bonds is 0. The van der Waals surface area contributed by atoms with E-state index in [1.165, 1.54) is 6.07 Å². The Morgan fingerprint density at radius 2 is 1.80 bits per heavy atom. The summed E-state index contributed by atoms with van der Waals surface area (Å²) in [4.78, 5) is 0. The van der Waals surface area contributed by atoms with Crippen LogP contribution in [0.5, 0.6) is 0 Å². The predicted molar refractivity (Wildman–Crippen MR) is 46.1 cm³/mol. The van der Waals surface area contributed by atoms with E-state index < -0.39 is 33.2 Å². The fourth-order valence-electron chi connectivity index (χ4n) is 0.904. The molecule has 0 radical (unpaired) electrons. The van der Waals surface area contributed by atoms with Gasteiger partial charge in [0.05, 0.1) is 21.2 Å². The Labute approximate surface area is 91.8 Å². The lowest BCUT2D eigenvalue weighted by molar-refractivity contribution is -0.139. The number of benzene rings is 1. The van der Waals surface area contributed by atoms with E-state index in [0.717, 1.165) is 0 Å². The second-order valence-corrected chi connectivity index (χ2v) is 3.30. The number of hydrogen-bond donors (Lipinski definition) is 0. The maximum absolute atomic E-state index is 13.1. The molecule has 0 heterocycles. The molecule has 0 aliphatic rings. The number of alkyl halides is 3. The molecule has 1 nitrogen and oxygen atoms in total. The van der Waals surface area contributed by atoms with Gasteiger partial charge >= 0.3 is 6.18 Å². The Bertz CT molecular complexity index is 447. The summed E-state index contributed by atoms with van der Waals surface area (Å²) in [6, 6.07) is 1.75. The molecule has 15 heavy (non-hydrogen) atoms. The van der Waals surface area contributed by atoms with Crippen molar-refractivity contribution < 1.29 is 17.6 Å². The zero-order valence-electron chi connectivity index (χ0n) is 6.79. The summed E-state index contributed by atoms with van der Waals surface area (Å²) >= 11 is 10.6. The van der Waals surface area contributed by atoms with Crippen molar-refractivity contribution in [3.63, 3.8) is 0 Å². The van der Waals surface area contributed by atoms with Crippen molar-refractivity contribution in [1.82, 2.24) is 0 Å². The van der Waals surface area contributed by atoms with Gasteiger partial charge in [-0.15, -0.1) is 0 Å². The average Bonchev–Trinajstić information content (AvgIpc) is 2.10. The summed E-state index contributed by atoms with van der Waals surface area (Å²) in [5.41, 5.74) is -2.10. The number of hydrogen-bond acceptors (Lipinski definition) is 1. The van der Waals surface area contributed by atoms with Crippen LogP contribution in [-0.2, 0) is 6.18 Å². The fraction of sp³-hybridized carbons (Fsp3) is 0.125. The lowest BCUT2D eigenvalue weighted by Gasteiger charge is -2.10. The molecule has 0 aromatic heterocycles. The molecule has 1 aromatic carbocycles. The molecule has 0 saturated carbocycles. The van der Waals surface area contributed by atoms with Gasteiger partial charge < -0.3 is 0 Å². The fourth-order valence-corrected chi connectivity index (χ4v) is 1.44. The summed E-state index contributed by atoms with van der Waals surface area (Å²) in [5, 5.41) is 7.00. The van der Waals surface area contributed by atoms with Crippen LogP contribution in [-0.4, -0.2) is 0 Å². The van der Waals surface area contributed by atoms with Gasteiger partial charge in [-0.3, -0.25) is 0 Å². The van der Waals surface area contributed by atoms with Crippen LogP contribution in [0.4, 0.5) is 17.6 Å². The first-order chi connectivity index (χ1) is 6.79. The first kappa shape index (κ1) is 12.1. The third-order valence-corrected chi connectivity index (χ3v) is 2.23. The molecule has 0 unspecified atom stereocenters. The van der Waals surface area contributed by atoms with E-state index in [1.807, 2.05) is 0 Å². The molecular weight excluding hydrogens is 257 g/mol. The summed E-state index contributed by atoms with van der Waals surface area (Å²) in [5.74, 6) is -1.69. The van der Waals surface area contributed by atoms with Crippen molar-refractivity contribution in [2.45, 2.75) is 6.18 Å². The molecule has 0 amide bonds. The second-order valence-electron chi connectivity index (χ2n) is 2.52. The highest BCUT2D eigenvalue weighted by atomic mass is 35.5. The van der Waals surface area contributed by atoms with E-state index in [0.29, 0.717) is 6.07 Å². The van der Waals surface area contributed by atoms with Crippen LogP contribution in [0.1, 0.15) is 11.1 Å². The molecule has 0 aliphatic carbocycles. The number of nitrogens with zero attached hydrogens (tertiary/aromatic N) is 1. The van der Waals surface area contributed by atoms with Crippen LogP contribution in [0.3, 0.4) is 0 Å². The average molecular weight is 258 g/mol. The van der Waals surface area contributed by atoms with E-state index in [-0.39, 0.29) is 0 Å². The molecular formula is C8HCl2F4N. The molecule has 0 atom stereocenters. The van der Waals surface area contributed by atoms with Crippen molar-refractivity contribution >= 4 is 23.2 Å². The summed E-state index contributed by atoms with van der Waals surface area (Å²) in [6.45, 7) is 0. The van der Waals surface area contributed by atoms with Gasteiger partial charge in [0.1, 0.15) is 6.07 Å². The first-order valence-corrected chi connectivity index (χ1v) is 4.19. The third-order valence-electron chi connectivity index (χ3n) is 1.58. The van der Waals surface area contributed by atoms with Gasteiger partial charge in [0.25, 0.3) is 0 Å². The maximum atomic E-state index is 13.1. The highest BCUT2D eigenvalue weighted by Crippen LogP contribution is 2.38. The summed E-state index contributed by atoms with van der Waals surface area (Å²) in [6.07, 6.45) is -4.90. The quantitative estimate of drug-likeness (QED) is 0.509. The monoisotopic (exact) mass is 257 g/mol. The Kier molecular flexibility index (Phi) is 3.12. The Balaban J connectivity index is 3.57. The van der Waals surface area contributed by atoms with E-state index in [9.17, 15) is 17.6 Å². The van der Waals surface area contributed by atoms with Crippen molar-refractivity contribution in [3.8, 4) is 6.07 Å². The van der Waals surface area contributed by atoms with Crippen molar-refractivity contribution in [2.24, 2.45) is 0 Å². The third kappa shape index (κ3) is 2.16. The van der Waals surface area contributed by atoms with Gasteiger partial charge in [-0.1, -0.05) is 23.2 Å². The lowest BCUT2D eigenvalue weighted by atomic mass is 10.1. The molecule has 0 bridgehead atoms. The second kappa shape index (κ2) is 3.87. The van der Waals surface area contributed by atoms with Crippen LogP contribution in [0.15, 0.2) is 6.07 Å². The number of nitriles is 1. The van der Waals surface area contributed by atoms with E-state index >= 15 is 0 Å². The van der Waals surface area contributed by atoms with Crippen LogP contribution in [0, 0.1) is 17.1 Å². The van der Waals surface area contributed by atoms with Gasteiger partial charge in [-0.2, -0.15) is 18.4 Å². The molecule has 1 rings (SSSR count). The molecule has 0 fully saturated rings. The zero-order chi connectivity index (χ0) is 11.8. The van der Waals surface area contributed by atoms with Gasteiger partial charge in [-0.25, -0.2) is 4.39 Å². The topological polar surface area (TPSA) is 23.8 Å². The van der Waals surface area contributed by atoms with Gasteiger partial charge in [0.2, 0.25) is 0 Å². The Morgan fingerprint density at radius 1 is 1.27 bits per heavy atom. The standard InChI is InChI=1S/C8HCl2F4N/c9-5-1-4(8(12,13)14)7(11)6(10)3(5)2-15/h1H. The minimum absolute atomic E-state index is 0.335. The van der Waals surface area contributed by atoms with Crippen molar-refractivity contribution in [3.05, 3.63) is 33.1 Å². The smallest absolute Gasteiger partial charge is 0.205 e. The Morgan fingerprint density at radius 3 is 2.20 bits per heavy atom. The van der Waals surface area contributed by atoms with Crippen molar-refractivity contribution in [1.29, 1.82) is 5.26 Å². The van der Waals surface area contributed by atoms with Crippen LogP contribution in [0.25, 0.3) is 0 Å². The van der Waals surface area contributed by atoms with E-state index in [2.05, 4.69) is 0 Å². The first-order valence-electron chi connectivity index (χ1n) is 3.43. The highest BCUT2D eigenvalue weighted by molar-refractivity contribution is 6.36. The molecule has 80 valence electrons. The SMILES string of the molecule is N#Cc1c(Cl)cc(C(F)(F)F)c(F)c1Cl. The minimum Gasteiger partial charge on any atom is -0.205 e. The van der Waals surface area contributed by atoms with Gasteiger partial charge in [-0.05, 0) is 6.07 Å². The summed E-state index contributed by atoms with van der Waals surface area (Å²) in [7, 11) is 0. The van der Waals surface area contributed by atoms with Crippen LogP contribution in [0.2, 0.25) is 10.0 Å². The molecule has 0 aliphatic heterocycles. The van der Waals surface area contributed by atoms with E-state index in [4.69, 9.17) is 28.5 Å². The zero-order valence-corrected chi connectivity index (χ0v) is 8.30. The maximum Gasteiger partial charge on any atom is 0.419 e. The predicted octanol–water partition coefficient (Wildman–Crippen LogP) is 4.02. The molecule has 1 aromatic rings. The van der Waals surface area contributed by atoms with Crippen LogP contribution >= 0.6 is 23.2 Å². The molecule has 0 spiro atoms. The molecule has 7 heteroatoms. The van der Waals surface area contributed by atoms with Crippen LogP contribution < -0.4 is 0 Å². The minimum atomic E-state index is -4.90. The normalized spacial score (nSPS) is 11.3. The van der Waals surface area contributed by atoms with Crippen molar-refractivity contribution in [2.75, 3.05) is 0 Å². The highest BCUT2D eigenvalue weighted by Gasteiger charge is 2.36. The number of halogens is 6. The van der Waals surface area contributed by atoms with E-state index in [1.54, 1.807) is 0 Å². The molecule has 0 N–H and O–H groups in total. The molecule has 0 saturated heterocycles.